The number of alkyl halides is 3. The number of halogens is 4. The van der Waals surface area contributed by atoms with Gasteiger partial charge in [-0.3, -0.25) is 0 Å². The molecule has 3 rings (SSSR count). The van der Waals surface area contributed by atoms with Crippen LogP contribution in [0.1, 0.15) is 27.5 Å². The van der Waals surface area contributed by atoms with Crippen LogP contribution in [-0.4, -0.2) is 9.97 Å². The fraction of sp³-hybridized carbons (Fsp3) is 0.211. The van der Waals surface area contributed by atoms with Gasteiger partial charge in [0.2, 0.25) is 0 Å². The Morgan fingerprint density at radius 2 is 1.93 bits per heavy atom. The molecule has 0 N–H and O–H groups in total. The summed E-state index contributed by atoms with van der Waals surface area (Å²) >= 11 is 2.37. The van der Waals surface area contributed by atoms with E-state index < -0.39 is 17.3 Å². The third-order valence-electron chi connectivity index (χ3n) is 3.66. The number of ether oxygens (including phenoxy) is 1. The van der Waals surface area contributed by atoms with E-state index >= 15 is 0 Å². The monoisotopic (exact) mass is 439 g/mol. The Morgan fingerprint density at radius 1 is 1.21 bits per heavy atom. The smallest absolute Gasteiger partial charge is 0.417 e. The molecule has 0 amide bonds. The maximum atomic E-state index is 13.2. The summed E-state index contributed by atoms with van der Waals surface area (Å²) in [5, 5.41) is 11.7. The first-order chi connectivity index (χ1) is 13.8. The van der Waals surface area contributed by atoms with Gasteiger partial charge in [0, 0.05) is 16.8 Å². The number of rotatable bonds is 6. The molecular formula is C19H13F4N3OS2. The van der Waals surface area contributed by atoms with Crippen LogP contribution in [0.4, 0.5) is 17.6 Å². The molecule has 0 saturated carbocycles. The number of aromatic nitrogens is 2. The molecular weight excluding hydrogens is 426 g/mol. The highest BCUT2D eigenvalue weighted by Gasteiger charge is 2.35. The van der Waals surface area contributed by atoms with Gasteiger partial charge in [-0.25, -0.2) is 14.4 Å². The number of benzene rings is 1. The lowest BCUT2D eigenvalue weighted by atomic mass is 10.1. The zero-order valence-corrected chi connectivity index (χ0v) is 16.6. The van der Waals surface area contributed by atoms with Gasteiger partial charge in [0.15, 0.2) is 0 Å². The van der Waals surface area contributed by atoms with Crippen molar-refractivity contribution in [3.05, 3.63) is 69.1 Å². The Balaban J connectivity index is 1.67. The van der Waals surface area contributed by atoms with E-state index in [1.807, 2.05) is 0 Å². The lowest BCUT2D eigenvalue weighted by molar-refractivity contribution is -0.138. The van der Waals surface area contributed by atoms with Crippen LogP contribution in [0.5, 0.6) is 5.75 Å². The molecule has 0 aliphatic carbocycles. The summed E-state index contributed by atoms with van der Waals surface area (Å²) in [6.07, 6.45) is -4.63. The van der Waals surface area contributed by atoms with Crippen molar-refractivity contribution in [1.29, 1.82) is 5.26 Å². The van der Waals surface area contributed by atoms with Crippen LogP contribution in [0.15, 0.2) is 40.7 Å². The Bertz CT molecular complexity index is 1040. The van der Waals surface area contributed by atoms with E-state index in [-0.39, 0.29) is 28.9 Å². The van der Waals surface area contributed by atoms with Crippen molar-refractivity contribution in [3.63, 3.8) is 0 Å². The largest absolute Gasteiger partial charge is 0.486 e. The van der Waals surface area contributed by atoms with Gasteiger partial charge in [0.25, 0.3) is 0 Å². The summed E-state index contributed by atoms with van der Waals surface area (Å²) in [7, 11) is 0. The van der Waals surface area contributed by atoms with Crippen molar-refractivity contribution in [2.24, 2.45) is 0 Å². The van der Waals surface area contributed by atoms with E-state index in [0.29, 0.717) is 16.5 Å². The van der Waals surface area contributed by atoms with Gasteiger partial charge in [0.05, 0.1) is 16.8 Å². The number of thiazole rings is 1. The van der Waals surface area contributed by atoms with Crippen LogP contribution in [0.25, 0.3) is 0 Å². The summed E-state index contributed by atoms with van der Waals surface area (Å²) in [5.74, 6) is 0.399. The van der Waals surface area contributed by atoms with Crippen molar-refractivity contribution >= 4 is 23.1 Å². The van der Waals surface area contributed by atoms with Gasteiger partial charge in [-0.1, -0.05) is 11.8 Å². The first-order valence-corrected chi connectivity index (χ1v) is 10.1. The van der Waals surface area contributed by atoms with Gasteiger partial charge < -0.3 is 4.74 Å². The Morgan fingerprint density at radius 3 is 2.59 bits per heavy atom. The number of pyridine rings is 1. The molecule has 0 unspecified atom stereocenters. The average Bonchev–Trinajstić information content (AvgIpc) is 3.12. The van der Waals surface area contributed by atoms with Gasteiger partial charge in [-0.15, -0.1) is 11.3 Å². The van der Waals surface area contributed by atoms with Gasteiger partial charge in [0.1, 0.15) is 34.3 Å². The number of hydrogen-bond donors (Lipinski definition) is 0. The van der Waals surface area contributed by atoms with Crippen molar-refractivity contribution in [2.45, 2.75) is 30.5 Å². The van der Waals surface area contributed by atoms with Gasteiger partial charge in [-0.2, -0.15) is 18.4 Å². The molecule has 0 spiro atoms. The zero-order chi connectivity index (χ0) is 21.0. The minimum absolute atomic E-state index is 0.0249. The van der Waals surface area contributed by atoms with Crippen LogP contribution in [0, 0.1) is 24.1 Å². The lowest BCUT2D eigenvalue weighted by Gasteiger charge is -2.12. The molecule has 2 heterocycles. The predicted octanol–water partition coefficient (Wildman–Crippen LogP) is 5.75. The van der Waals surface area contributed by atoms with Crippen LogP contribution in [0.3, 0.4) is 0 Å². The average molecular weight is 439 g/mol. The fourth-order valence-corrected chi connectivity index (χ4v) is 4.13. The highest BCUT2D eigenvalue weighted by atomic mass is 32.2. The zero-order valence-electron chi connectivity index (χ0n) is 15.0. The third-order valence-corrected chi connectivity index (χ3v) is 5.54. The number of nitriles is 1. The normalized spacial score (nSPS) is 11.3. The third kappa shape index (κ3) is 5.46. The molecule has 0 bridgehead atoms. The van der Waals surface area contributed by atoms with Gasteiger partial charge in [-0.05, 0) is 37.3 Å². The first kappa shape index (κ1) is 21.1. The lowest BCUT2D eigenvalue weighted by Crippen LogP contribution is -2.10. The molecule has 0 saturated heterocycles. The molecule has 10 heteroatoms. The van der Waals surface area contributed by atoms with Crippen LogP contribution in [-0.2, 0) is 18.5 Å². The highest BCUT2D eigenvalue weighted by molar-refractivity contribution is 7.98. The molecule has 0 fully saturated rings. The molecule has 3 aromatic rings. The van der Waals surface area contributed by atoms with Crippen molar-refractivity contribution in [2.75, 3.05) is 0 Å². The maximum Gasteiger partial charge on any atom is 0.417 e. The molecule has 150 valence electrons. The molecule has 0 aliphatic heterocycles. The van der Waals surface area contributed by atoms with Crippen LogP contribution >= 0.6 is 23.1 Å². The van der Waals surface area contributed by atoms with Crippen LogP contribution in [0.2, 0.25) is 0 Å². The highest BCUT2D eigenvalue weighted by Crippen LogP contribution is 2.36. The minimum Gasteiger partial charge on any atom is -0.486 e. The SMILES string of the molecule is Cc1cc(C(F)(F)F)c(C#N)c(SCc2csc(COc3ccc(F)cc3)n2)n1. The molecule has 1 aromatic carbocycles. The van der Waals surface area contributed by atoms with E-state index in [2.05, 4.69) is 9.97 Å². The number of nitrogens with zero attached hydrogens (tertiary/aromatic N) is 3. The quantitative estimate of drug-likeness (QED) is 0.362. The second-order valence-electron chi connectivity index (χ2n) is 5.86. The van der Waals surface area contributed by atoms with Crippen molar-refractivity contribution < 1.29 is 22.3 Å². The van der Waals surface area contributed by atoms with E-state index in [1.54, 1.807) is 11.4 Å². The standard InChI is InChI=1S/C19H13F4N3OS2/c1-11-6-16(19(21,22)23)15(7-24)18(25-11)29-10-13-9-28-17(26-13)8-27-14-4-2-12(20)3-5-14/h2-6,9H,8,10H2,1H3. The molecule has 0 radical (unpaired) electrons. The molecule has 0 aliphatic rings. The maximum absolute atomic E-state index is 13.2. The fourth-order valence-electron chi connectivity index (χ4n) is 2.38. The van der Waals surface area contributed by atoms with E-state index in [0.717, 1.165) is 17.8 Å². The number of aryl methyl sites for hydroxylation is 1. The summed E-state index contributed by atoms with van der Waals surface area (Å²) in [6, 6.07) is 8.07. The topological polar surface area (TPSA) is 58.8 Å². The van der Waals surface area contributed by atoms with Crippen molar-refractivity contribution in [1.82, 2.24) is 9.97 Å². The summed E-state index contributed by atoms with van der Waals surface area (Å²) in [4.78, 5) is 8.46. The Hall–Kier alpha value is -2.64. The minimum atomic E-state index is -4.63. The second-order valence-corrected chi connectivity index (χ2v) is 7.77. The Kier molecular flexibility index (Phi) is 6.39. The molecule has 0 atom stereocenters. The summed E-state index contributed by atoms with van der Waals surface area (Å²) in [5.41, 5.74) is -0.645. The second kappa shape index (κ2) is 8.80. The predicted molar refractivity (Wildman–Crippen MR) is 101 cm³/mol. The molecule has 29 heavy (non-hydrogen) atoms. The summed E-state index contributed by atoms with van der Waals surface area (Å²) in [6.45, 7) is 1.64. The number of thioether (sulfide) groups is 1. The van der Waals surface area contributed by atoms with E-state index in [1.165, 1.54) is 42.5 Å². The van der Waals surface area contributed by atoms with E-state index in [4.69, 9.17) is 4.74 Å². The summed E-state index contributed by atoms with van der Waals surface area (Å²) < 4.78 is 57.9. The van der Waals surface area contributed by atoms with Crippen LogP contribution < -0.4 is 4.74 Å². The molecule has 4 nitrogen and oxygen atoms in total. The Labute approximate surface area is 172 Å². The van der Waals surface area contributed by atoms with Gasteiger partial charge >= 0.3 is 6.18 Å². The van der Waals surface area contributed by atoms with Crippen molar-refractivity contribution in [3.8, 4) is 11.8 Å². The number of hydrogen-bond acceptors (Lipinski definition) is 6. The first-order valence-electron chi connectivity index (χ1n) is 8.19. The molecule has 2 aromatic heterocycles. The van der Waals surface area contributed by atoms with E-state index in [9.17, 15) is 22.8 Å².